The van der Waals surface area contributed by atoms with Crippen LogP contribution in [0.2, 0.25) is 5.02 Å². The van der Waals surface area contributed by atoms with Gasteiger partial charge >= 0.3 is 0 Å². The molecule has 1 aliphatic carbocycles. The number of nitrogens with two attached hydrogens (primary N) is 1. The summed E-state index contributed by atoms with van der Waals surface area (Å²) in [6, 6.07) is 12.9. The molecule has 0 aliphatic heterocycles. The van der Waals surface area contributed by atoms with E-state index < -0.39 is 0 Å². The maximum absolute atomic E-state index is 13.5. The molecule has 3 aromatic rings. The molecule has 0 saturated heterocycles. The fourth-order valence-corrected chi connectivity index (χ4v) is 4.57. The Kier molecular flexibility index (Phi) is 5.88. The minimum absolute atomic E-state index is 0.0428. The average molecular weight is 412 g/mol. The molecule has 1 aromatic heterocycles. The van der Waals surface area contributed by atoms with Crippen molar-refractivity contribution in [2.24, 2.45) is 17.6 Å². The molecule has 1 aliphatic rings. The standard InChI is InChI=1S/C23H26ClN3O2/c1-29-19-8-9-21-20(12-19)23(28)27(14-16-5-2-4-15(10-16)13-25)22(26-21)17-6-3-7-18(24)11-17/h3,6-9,11-12,15-16H,2,4-5,10,13-14,25H2,1H3. The van der Waals surface area contributed by atoms with Gasteiger partial charge in [0, 0.05) is 17.1 Å². The number of aromatic nitrogens is 2. The van der Waals surface area contributed by atoms with Crippen molar-refractivity contribution < 1.29 is 4.74 Å². The van der Waals surface area contributed by atoms with Crippen LogP contribution in [0.3, 0.4) is 0 Å². The van der Waals surface area contributed by atoms with E-state index in [2.05, 4.69) is 0 Å². The molecule has 0 spiro atoms. The summed E-state index contributed by atoms with van der Waals surface area (Å²) in [6.07, 6.45) is 4.49. The molecule has 2 aromatic carbocycles. The Morgan fingerprint density at radius 1 is 1.21 bits per heavy atom. The minimum atomic E-state index is -0.0428. The molecule has 2 N–H and O–H groups in total. The molecule has 2 unspecified atom stereocenters. The van der Waals surface area contributed by atoms with E-state index >= 15 is 0 Å². The summed E-state index contributed by atoms with van der Waals surface area (Å²) in [6.45, 7) is 1.34. The van der Waals surface area contributed by atoms with Gasteiger partial charge in [-0.15, -0.1) is 0 Å². The van der Waals surface area contributed by atoms with Crippen molar-refractivity contribution in [2.75, 3.05) is 13.7 Å². The van der Waals surface area contributed by atoms with Crippen LogP contribution in [0, 0.1) is 11.8 Å². The molecular weight excluding hydrogens is 386 g/mol. The lowest BCUT2D eigenvalue weighted by Gasteiger charge is -2.29. The second kappa shape index (κ2) is 8.56. The molecule has 5 nitrogen and oxygen atoms in total. The van der Waals surface area contributed by atoms with Crippen LogP contribution in [0.4, 0.5) is 0 Å². The van der Waals surface area contributed by atoms with Crippen LogP contribution in [0.5, 0.6) is 5.75 Å². The van der Waals surface area contributed by atoms with Crippen molar-refractivity contribution in [1.29, 1.82) is 0 Å². The van der Waals surface area contributed by atoms with Crippen LogP contribution >= 0.6 is 11.6 Å². The quantitative estimate of drug-likeness (QED) is 0.671. The molecule has 152 valence electrons. The highest BCUT2D eigenvalue weighted by molar-refractivity contribution is 6.30. The fraction of sp³-hybridized carbons (Fsp3) is 0.391. The first-order valence-corrected chi connectivity index (χ1v) is 10.5. The summed E-state index contributed by atoms with van der Waals surface area (Å²) in [5.74, 6) is 2.26. The predicted molar refractivity (Wildman–Crippen MR) is 118 cm³/mol. The summed E-state index contributed by atoms with van der Waals surface area (Å²) in [7, 11) is 1.60. The highest BCUT2D eigenvalue weighted by Gasteiger charge is 2.24. The summed E-state index contributed by atoms with van der Waals surface area (Å²) < 4.78 is 7.14. The van der Waals surface area contributed by atoms with Gasteiger partial charge in [-0.2, -0.15) is 0 Å². The molecule has 0 amide bonds. The van der Waals surface area contributed by atoms with Crippen molar-refractivity contribution in [3.63, 3.8) is 0 Å². The fourth-order valence-electron chi connectivity index (χ4n) is 4.38. The first-order chi connectivity index (χ1) is 14.1. The molecule has 1 heterocycles. The second-order valence-corrected chi connectivity index (χ2v) is 8.32. The van der Waals surface area contributed by atoms with Crippen LogP contribution < -0.4 is 16.0 Å². The minimum Gasteiger partial charge on any atom is -0.497 e. The summed E-state index contributed by atoms with van der Waals surface area (Å²) >= 11 is 6.23. The van der Waals surface area contributed by atoms with E-state index in [9.17, 15) is 4.79 Å². The Morgan fingerprint density at radius 3 is 2.79 bits per heavy atom. The molecule has 1 fully saturated rings. The normalized spacial score (nSPS) is 19.4. The van der Waals surface area contributed by atoms with Crippen LogP contribution in [0.25, 0.3) is 22.3 Å². The number of fused-ring (bicyclic) bond motifs is 1. The van der Waals surface area contributed by atoms with E-state index in [1.54, 1.807) is 13.2 Å². The Morgan fingerprint density at radius 2 is 2.03 bits per heavy atom. The largest absolute Gasteiger partial charge is 0.497 e. The van der Waals surface area contributed by atoms with Crippen molar-refractivity contribution in [3.05, 3.63) is 57.8 Å². The molecule has 6 heteroatoms. The number of nitrogens with zero attached hydrogens (tertiary/aromatic N) is 2. The number of hydrogen-bond acceptors (Lipinski definition) is 4. The molecule has 29 heavy (non-hydrogen) atoms. The third kappa shape index (κ3) is 4.16. The van der Waals surface area contributed by atoms with Crippen LogP contribution in [0.15, 0.2) is 47.3 Å². The van der Waals surface area contributed by atoms with E-state index in [-0.39, 0.29) is 5.56 Å². The second-order valence-electron chi connectivity index (χ2n) is 7.88. The van der Waals surface area contributed by atoms with Crippen LogP contribution in [-0.2, 0) is 6.54 Å². The zero-order valence-corrected chi connectivity index (χ0v) is 17.4. The Bertz CT molecular complexity index is 1080. The molecule has 4 rings (SSSR count). The third-order valence-electron chi connectivity index (χ3n) is 5.91. The maximum atomic E-state index is 13.5. The highest BCUT2D eigenvalue weighted by Crippen LogP contribution is 2.31. The number of rotatable bonds is 5. The van der Waals surface area contributed by atoms with E-state index in [0.29, 0.717) is 52.4 Å². The lowest BCUT2D eigenvalue weighted by molar-refractivity contribution is 0.246. The number of hydrogen-bond donors (Lipinski definition) is 1. The smallest absolute Gasteiger partial charge is 0.261 e. The summed E-state index contributed by atoms with van der Waals surface area (Å²) in [5, 5.41) is 1.19. The molecule has 0 radical (unpaired) electrons. The van der Waals surface area contributed by atoms with Gasteiger partial charge in [-0.1, -0.05) is 30.2 Å². The van der Waals surface area contributed by atoms with Crippen molar-refractivity contribution in [2.45, 2.75) is 32.2 Å². The van der Waals surface area contributed by atoms with Gasteiger partial charge in [-0.05, 0) is 68.0 Å². The number of methoxy groups -OCH3 is 1. The van der Waals surface area contributed by atoms with E-state index in [1.807, 2.05) is 41.0 Å². The molecule has 2 atom stereocenters. The molecule has 0 bridgehead atoms. The Hall–Kier alpha value is -2.37. The predicted octanol–water partition coefficient (Wildman–Crippen LogP) is 4.49. The van der Waals surface area contributed by atoms with Crippen molar-refractivity contribution in [3.8, 4) is 17.1 Å². The summed E-state index contributed by atoms with van der Waals surface area (Å²) in [5.41, 5.74) is 7.38. The van der Waals surface area contributed by atoms with E-state index in [1.165, 1.54) is 6.42 Å². The van der Waals surface area contributed by atoms with Crippen molar-refractivity contribution >= 4 is 22.5 Å². The van der Waals surface area contributed by atoms with Gasteiger partial charge < -0.3 is 10.5 Å². The first-order valence-electron chi connectivity index (χ1n) is 10.1. The molecular formula is C23H26ClN3O2. The Labute approximate surface area is 175 Å². The van der Waals surface area contributed by atoms with Gasteiger partial charge in [0.05, 0.1) is 18.0 Å². The maximum Gasteiger partial charge on any atom is 0.261 e. The lowest BCUT2D eigenvalue weighted by Crippen LogP contribution is -2.30. The van der Waals surface area contributed by atoms with Crippen molar-refractivity contribution in [1.82, 2.24) is 9.55 Å². The Balaban J connectivity index is 1.85. The van der Waals surface area contributed by atoms with E-state index in [0.717, 1.165) is 24.8 Å². The van der Waals surface area contributed by atoms with Gasteiger partial charge in [-0.25, -0.2) is 4.98 Å². The third-order valence-corrected chi connectivity index (χ3v) is 6.14. The van der Waals surface area contributed by atoms with Crippen LogP contribution in [0.1, 0.15) is 25.7 Å². The number of ether oxygens (including phenoxy) is 1. The van der Waals surface area contributed by atoms with Gasteiger partial charge in [0.1, 0.15) is 11.6 Å². The zero-order valence-electron chi connectivity index (χ0n) is 16.6. The first kappa shape index (κ1) is 19.9. The lowest BCUT2D eigenvalue weighted by atomic mass is 9.81. The van der Waals surface area contributed by atoms with Gasteiger partial charge in [-0.3, -0.25) is 9.36 Å². The number of halogens is 1. The number of benzene rings is 2. The molecule has 1 saturated carbocycles. The average Bonchev–Trinajstić information content (AvgIpc) is 2.75. The zero-order chi connectivity index (χ0) is 20.4. The van der Waals surface area contributed by atoms with Gasteiger partial charge in [0.2, 0.25) is 0 Å². The highest BCUT2D eigenvalue weighted by atomic mass is 35.5. The summed E-state index contributed by atoms with van der Waals surface area (Å²) in [4.78, 5) is 18.4. The topological polar surface area (TPSA) is 70.1 Å². The van der Waals surface area contributed by atoms with Crippen LogP contribution in [-0.4, -0.2) is 23.2 Å². The van der Waals surface area contributed by atoms with Gasteiger partial charge in [0.15, 0.2) is 0 Å². The monoisotopic (exact) mass is 411 g/mol. The van der Waals surface area contributed by atoms with E-state index in [4.69, 9.17) is 27.1 Å². The SMILES string of the molecule is COc1ccc2nc(-c3cccc(Cl)c3)n(CC3CCCC(CN)C3)c(=O)c2c1. The van der Waals surface area contributed by atoms with Gasteiger partial charge in [0.25, 0.3) is 5.56 Å².